The average Bonchev–Trinajstić information content (AvgIpc) is 3.04. The molecular weight excluding hydrogens is 316 g/mol. The van der Waals surface area contributed by atoms with Gasteiger partial charge in [0.1, 0.15) is 0 Å². The van der Waals surface area contributed by atoms with E-state index in [1.54, 1.807) is 5.38 Å². The molecule has 3 rings (SSSR count). The quantitative estimate of drug-likeness (QED) is 0.706. The summed E-state index contributed by atoms with van der Waals surface area (Å²) in [5.41, 5.74) is 8.84. The summed E-state index contributed by atoms with van der Waals surface area (Å²) in [5.74, 6) is 0. The highest BCUT2D eigenvalue weighted by atomic mass is 32.2. The summed E-state index contributed by atoms with van der Waals surface area (Å²) >= 11 is 1.31. The van der Waals surface area contributed by atoms with Gasteiger partial charge in [-0.1, -0.05) is 42.5 Å². The third kappa shape index (κ3) is 4.70. The van der Waals surface area contributed by atoms with Crippen LogP contribution in [0.25, 0.3) is 11.1 Å². The largest absolute Gasteiger partial charge is 0.399 e. The summed E-state index contributed by atoms with van der Waals surface area (Å²) in [6, 6.07) is 19.6. The zero-order valence-corrected chi connectivity index (χ0v) is 13.3. The summed E-state index contributed by atoms with van der Waals surface area (Å²) in [4.78, 5) is 0.188. The Balaban J connectivity index is 0.000000172. The van der Waals surface area contributed by atoms with Crippen LogP contribution in [-0.4, -0.2) is 8.42 Å². The van der Waals surface area contributed by atoms with Gasteiger partial charge in [-0.3, -0.25) is 0 Å². The van der Waals surface area contributed by atoms with Crippen LogP contribution in [0.1, 0.15) is 0 Å². The Morgan fingerprint density at radius 2 is 1.41 bits per heavy atom. The van der Waals surface area contributed by atoms with Gasteiger partial charge in [-0.2, -0.15) is 11.3 Å². The molecule has 2 aromatic carbocycles. The van der Waals surface area contributed by atoms with Crippen LogP contribution in [0.15, 0.2) is 76.3 Å². The van der Waals surface area contributed by atoms with E-state index in [0.29, 0.717) is 0 Å². The number of hydrogen-bond acceptors (Lipinski definition) is 4. The van der Waals surface area contributed by atoms with Crippen LogP contribution < -0.4 is 10.9 Å². The molecule has 0 saturated carbocycles. The first kappa shape index (κ1) is 16.2. The van der Waals surface area contributed by atoms with Crippen molar-refractivity contribution in [3.63, 3.8) is 0 Å². The summed E-state index contributed by atoms with van der Waals surface area (Å²) in [5, 5.41) is 7.94. The second kappa shape index (κ2) is 7.22. The smallest absolute Gasteiger partial charge is 0.238 e. The van der Waals surface area contributed by atoms with Gasteiger partial charge in [0.05, 0.1) is 4.90 Å². The highest BCUT2D eigenvalue weighted by Gasteiger charge is 2.05. The van der Waals surface area contributed by atoms with Crippen LogP contribution in [0.4, 0.5) is 5.69 Å². The minimum atomic E-state index is -3.45. The van der Waals surface area contributed by atoms with Crippen molar-refractivity contribution in [1.82, 2.24) is 0 Å². The van der Waals surface area contributed by atoms with E-state index in [1.807, 2.05) is 42.5 Å². The standard InChI is InChI=1S/C12H11N.C4H5NO2S2/c13-12-8-6-11(7-9-12)10-4-2-1-3-5-10;5-9(6,7)4-1-2-8-3-4/h1-9H,13H2;1-3H,(H2,5,6,7). The Bertz CT molecular complexity index is 797. The molecule has 4 N–H and O–H groups in total. The highest BCUT2D eigenvalue weighted by Crippen LogP contribution is 2.19. The van der Waals surface area contributed by atoms with Gasteiger partial charge in [0.2, 0.25) is 10.0 Å². The van der Waals surface area contributed by atoms with E-state index in [0.717, 1.165) is 5.69 Å². The average molecular weight is 332 g/mol. The van der Waals surface area contributed by atoms with Crippen LogP contribution >= 0.6 is 11.3 Å². The lowest BCUT2D eigenvalue weighted by Gasteiger charge is -2.00. The van der Waals surface area contributed by atoms with Crippen molar-refractivity contribution in [2.75, 3.05) is 5.73 Å². The molecule has 0 bridgehead atoms. The predicted molar refractivity (Wildman–Crippen MR) is 92.0 cm³/mol. The minimum Gasteiger partial charge on any atom is -0.399 e. The zero-order valence-electron chi connectivity index (χ0n) is 11.7. The van der Waals surface area contributed by atoms with Crippen LogP contribution in [0, 0.1) is 0 Å². The minimum absolute atomic E-state index is 0.188. The van der Waals surface area contributed by atoms with Crippen molar-refractivity contribution in [2.45, 2.75) is 4.90 Å². The van der Waals surface area contributed by atoms with Crippen molar-refractivity contribution in [2.24, 2.45) is 5.14 Å². The molecule has 22 heavy (non-hydrogen) atoms. The Kier molecular flexibility index (Phi) is 5.32. The molecule has 0 aliphatic heterocycles. The third-order valence-corrected chi connectivity index (χ3v) is 4.58. The predicted octanol–water partition coefficient (Wildman–Crippen LogP) is 3.33. The van der Waals surface area contributed by atoms with Crippen molar-refractivity contribution in [1.29, 1.82) is 0 Å². The van der Waals surface area contributed by atoms with Gasteiger partial charge in [0, 0.05) is 11.1 Å². The Hall–Kier alpha value is -2.15. The summed E-state index contributed by atoms with van der Waals surface area (Å²) in [6.07, 6.45) is 0. The number of hydrogen-bond donors (Lipinski definition) is 2. The number of thiophene rings is 1. The van der Waals surface area contributed by atoms with E-state index in [9.17, 15) is 8.42 Å². The van der Waals surface area contributed by atoms with Gasteiger partial charge in [0.25, 0.3) is 0 Å². The molecule has 0 unspecified atom stereocenters. The monoisotopic (exact) mass is 332 g/mol. The van der Waals surface area contributed by atoms with Gasteiger partial charge in [-0.25, -0.2) is 13.6 Å². The molecule has 3 aromatic rings. The van der Waals surface area contributed by atoms with Gasteiger partial charge >= 0.3 is 0 Å². The number of nitrogens with two attached hydrogens (primary N) is 2. The van der Waals surface area contributed by atoms with E-state index in [-0.39, 0.29) is 4.90 Å². The summed E-state index contributed by atoms with van der Waals surface area (Å²) in [6.45, 7) is 0. The van der Waals surface area contributed by atoms with E-state index < -0.39 is 10.0 Å². The maximum Gasteiger partial charge on any atom is 0.238 e. The van der Waals surface area contributed by atoms with E-state index in [1.165, 1.54) is 33.9 Å². The van der Waals surface area contributed by atoms with Crippen LogP contribution in [0.2, 0.25) is 0 Å². The summed E-state index contributed by atoms with van der Waals surface area (Å²) < 4.78 is 21.0. The normalized spacial score (nSPS) is 10.6. The van der Waals surface area contributed by atoms with Crippen LogP contribution in [0.5, 0.6) is 0 Å². The number of rotatable bonds is 2. The molecule has 0 radical (unpaired) electrons. The molecular formula is C16H16N2O2S2. The molecule has 114 valence electrons. The lowest BCUT2D eigenvalue weighted by Crippen LogP contribution is -2.10. The topological polar surface area (TPSA) is 86.2 Å². The fourth-order valence-corrected chi connectivity index (χ4v) is 3.28. The van der Waals surface area contributed by atoms with Crippen molar-refractivity contribution in [3.05, 3.63) is 71.4 Å². The van der Waals surface area contributed by atoms with Gasteiger partial charge in [-0.15, -0.1) is 0 Å². The highest BCUT2D eigenvalue weighted by molar-refractivity contribution is 7.89. The molecule has 0 saturated heterocycles. The number of anilines is 1. The maximum absolute atomic E-state index is 10.5. The van der Waals surface area contributed by atoms with Gasteiger partial charge in [0.15, 0.2) is 0 Å². The SMILES string of the molecule is NS(=O)(=O)c1ccsc1.Nc1ccc(-c2ccccc2)cc1. The Morgan fingerprint density at radius 3 is 1.86 bits per heavy atom. The Labute approximate surface area is 134 Å². The molecule has 6 heteroatoms. The molecule has 0 amide bonds. The van der Waals surface area contributed by atoms with Gasteiger partial charge < -0.3 is 5.73 Å². The first-order valence-electron chi connectivity index (χ1n) is 6.43. The maximum atomic E-state index is 10.5. The second-order valence-electron chi connectivity index (χ2n) is 4.49. The molecule has 0 aliphatic carbocycles. The van der Waals surface area contributed by atoms with Crippen LogP contribution in [-0.2, 0) is 10.0 Å². The molecule has 0 aliphatic rings. The summed E-state index contributed by atoms with van der Waals surface area (Å²) in [7, 11) is -3.45. The van der Waals surface area contributed by atoms with Crippen molar-refractivity contribution in [3.8, 4) is 11.1 Å². The molecule has 1 aromatic heterocycles. The Morgan fingerprint density at radius 1 is 0.818 bits per heavy atom. The molecule has 0 spiro atoms. The van der Waals surface area contributed by atoms with E-state index in [4.69, 9.17) is 10.9 Å². The fourth-order valence-electron chi connectivity index (χ4n) is 1.72. The third-order valence-electron chi connectivity index (χ3n) is 2.84. The second-order valence-corrected chi connectivity index (χ2v) is 6.83. The lowest BCUT2D eigenvalue weighted by atomic mass is 10.1. The number of benzene rings is 2. The van der Waals surface area contributed by atoms with E-state index >= 15 is 0 Å². The van der Waals surface area contributed by atoms with Crippen molar-refractivity contribution >= 4 is 27.0 Å². The molecule has 0 atom stereocenters. The zero-order chi connectivity index (χ0) is 16.0. The van der Waals surface area contributed by atoms with Crippen LogP contribution in [0.3, 0.4) is 0 Å². The van der Waals surface area contributed by atoms with Crippen molar-refractivity contribution < 1.29 is 8.42 Å². The lowest BCUT2D eigenvalue weighted by molar-refractivity contribution is 0.598. The molecule has 0 fully saturated rings. The van der Waals surface area contributed by atoms with Gasteiger partial charge in [-0.05, 0) is 34.7 Å². The molecule has 1 heterocycles. The first-order chi connectivity index (χ1) is 10.5. The number of sulfonamides is 1. The first-order valence-corrected chi connectivity index (χ1v) is 8.92. The fraction of sp³-hybridized carbons (Fsp3) is 0. The molecule has 4 nitrogen and oxygen atoms in total. The number of primary sulfonamides is 1. The van der Waals surface area contributed by atoms with E-state index in [2.05, 4.69) is 12.1 Å². The number of nitrogen functional groups attached to an aromatic ring is 1.